The molecule has 1 N–H and O–H groups in total. The van der Waals surface area contributed by atoms with Crippen LogP contribution in [0.3, 0.4) is 0 Å². The minimum atomic E-state index is -0.973. The van der Waals surface area contributed by atoms with E-state index in [9.17, 15) is 29.3 Å². The lowest BCUT2D eigenvalue weighted by Crippen LogP contribution is -2.32. The van der Waals surface area contributed by atoms with Crippen LogP contribution in [0.2, 0.25) is 5.02 Å². The van der Waals surface area contributed by atoms with Crippen molar-refractivity contribution in [2.75, 3.05) is 6.61 Å². The Kier molecular flexibility index (Phi) is 6.93. The molecule has 0 saturated heterocycles. The van der Waals surface area contributed by atoms with Crippen LogP contribution >= 0.6 is 11.6 Å². The van der Waals surface area contributed by atoms with Crippen LogP contribution in [0, 0.1) is 10.1 Å². The van der Waals surface area contributed by atoms with E-state index >= 15 is 0 Å². The third-order valence-corrected chi connectivity index (χ3v) is 6.10. The molecule has 9 nitrogen and oxygen atoms in total. The molecule has 0 fully saturated rings. The summed E-state index contributed by atoms with van der Waals surface area (Å²) < 4.78 is 4.99. The maximum atomic E-state index is 13.3. The summed E-state index contributed by atoms with van der Waals surface area (Å²) in [5.41, 5.74) is -1.26. The lowest BCUT2D eigenvalue weighted by molar-refractivity contribution is -0.385. The van der Waals surface area contributed by atoms with E-state index in [2.05, 4.69) is 5.32 Å². The third kappa shape index (κ3) is 4.48. The molecular formula is C26H19ClN2O7. The normalized spacial score (nSPS) is 12.8. The molecule has 182 valence electrons. The fourth-order valence-electron chi connectivity index (χ4n) is 4.16. The number of carbonyl (C=O) groups is 4. The zero-order valence-electron chi connectivity index (χ0n) is 18.9. The standard InChI is InChI=1S/C26H19ClN2O7/c1-2-36-21(30)13-20(16-9-5-6-10-19(16)27)28-26(33)18-12-11-17-22(23(18)29(34)35)25(32)15-8-4-3-7-14(15)24(17)31/h3-12,20H,2,13H2,1H3,(H,28,33)/t20-/m1/s1. The zero-order valence-corrected chi connectivity index (χ0v) is 19.7. The van der Waals surface area contributed by atoms with Gasteiger partial charge in [0, 0.05) is 21.7 Å². The number of nitrogens with zero attached hydrogens (tertiary/aromatic N) is 1. The van der Waals surface area contributed by atoms with Gasteiger partial charge in [-0.05, 0) is 30.7 Å². The molecule has 0 heterocycles. The topological polar surface area (TPSA) is 133 Å². The van der Waals surface area contributed by atoms with Crippen molar-refractivity contribution in [1.82, 2.24) is 5.32 Å². The number of hydrogen-bond donors (Lipinski definition) is 1. The Morgan fingerprint density at radius 3 is 2.25 bits per heavy atom. The first kappa shape index (κ1) is 24.7. The van der Waals surface area contributed by atoms with Crippen molar-refractivity contribution < 1.29 is 28.8 Å². The zero-order chi connectivity index (χ0) is 26.0. The first-order chi connectivity index (χ1) is 17.2. The Hall–Kier alpha value is -4.37. The molecular weight excluding hydrogens is 488 g/mol. The van der Waals surface area contributed by atoms with Crippen LogP contribution in [-0.4, -0.2) is 35.0 Å². The molecule has 0 aliphatic heterocycles. The molecule has 0 spiro atoms. The van der Waals surface area contributed by atoms with Gasteiger partial charge in [0.15, 0.2) is 5.78 Å². The number of ether oxygens (including phenoxy) is 1. The summed E-state index contributed by atoms with van der Waals surface area (Å²) >= 11 is 6.27. The highest BCUT2D eigenvalue weighted by Crippen LogP contribution is 2.36. The molecule has 1 aliphatic carbocycles. The highest BCUT2D eigenvalue weighted by molar-refractivity contribution is 6.31. The number of nitro benzene ring substituents is 1. The average molecular weight is 507 g/mol. The summed E-state index contributed by atoms with van der Waals surface area (Å²) in [5.74, 6) is -2.81. The van der Waals surface area contributed by atoms with Gasteiger partial charge in [0.2, 0.25) is 5.78 Å². The number of fused-ring (bicyclic) bond motifs is 2. The number of nitro groups is 1. The van der Waals surface area contributed by atoms with Crippen molar-refractivity contribution in [3.63, 3.8) is 0 Å². The average Bonchev–Trinajstić information content (AvgIpc) is 2.86. The number of halogens is 1. The van der Waals surface area contributed by atoms with Gasteiger partial charge in [0.1, 0.15) is 11.1 Å². The molecule has 0 saturated carbocycles. The lowest BCUT2D eigenvalue weighted by atomic mass is 9.82. The van der Waals surface area contributed by atoms with Crippen molar-refractivity contribution in [3.05, 3.63) is 109 Å². The second kappa shape index (κ2) is 10.1. The lowest BCUT2D eigenvalue weighted by Gasteiger charge is -2.21. The first-order valence-corrected chi connectivity index (χ1v) is 11.3. The minimum Gasteiger partial charge on any atom is -0.466 e. The Bertz CT molecular complexity index is 1430. The molecule has 0 unspecified atom stereocenters. The van der Waals surface area contributed by atoms with Crippen LogP contribution in [-0.2, 0) is 9.53 Å². The smallest absolute Gasteiger partial charge is 0.308 e. The highest BCUT2D eigenvalue weighted by Gasteiger charge is 2.39. The Morgan fingerprint density at radius 1 is 0.972 bits per heavy atom. The summed E-state index contributed by atoms with van der Waals surface area (Å²) in [4.78, 5) is 62.9. The summed E-state index contributed by atoms with van der Waals surface area (Å²) in [6.45, 7) is 1.75. The number of benzene rings is 3. The van der Waals surface area contributed by atoms with Gasteiger partial charge in [-0.15, -0.1) is 0 Å². The molecule has 0 radical (unpaired) electrons. The fourth-order valence-corrected chi connectivity index (χ4v) is 4.43. The van der Waals surface area contributed by atoms with Crippen molar-refractivity contribution >= 4 is 40.7 Å². The van der Waals surface area contributed by atoms with Crippen molar-refractivity contribution in [2.24, 2.45) is 0 Å². The maximum absolute atomic E-state index is 13.3. The van der Waals surface area contributed by atoms with Crippen LogP contribution in [0.4, 0.5) is 5.69 Å². The van der Waals surface area contributed by atoms with Gasteiger partial charge < -0.3 is 10.1 Å². The second-order valence-electron chi connectivity index (χ2n) is 7.90. The summed E-state index contributed by atoms with van der Waals surface area (Å²) in [6.07, 6.45) is -0.285. The molecule has 4 rings (SSSR count). The number of hydrogen-bond acceptors (Lipinski definition) is 7. The molecule has 0 bridgehead atoms. The van der Waals surface area contributed by atoms with E-state index in [1.807, 2.05) is 0 Å². The van der Waals surface area contributed by atoms with Gasteiger partial charge in [0.25, 0.3) is 11.6 Å². The van der Waals surface area contributed by atoms with Crippen LogP contribution in [0.15, 0.2) is 60.7 Å². The highest BCUT2D eigenvalue weighted by atomic mass is 35.5. The number of carbonyl (C=O) groups excluding carboxylic acids is 4. The molecule has 1 amide bonds. The van der Waals surface area contributed by atoms with Gasteiger partial charge >= 0.3 is 5.97 Å². The van der Waals surface area contributed by atoms with E-state index in [-0.39, 0.29) is 34.7 Å². The first-order valence-electron chi connectivity index (χ1n) is 10.9. The quantitative estimate of drug-likeness (QED) is 0.222. The number of nitrogens with one attached hydrogen (secondary N) is 1. The predicted molar refractivity (Wildman–Crippen MR) is 129 cm³/mol. The van der Waals surface area contributed by atoms with Crippen molar-refractivity contribution in [2.45, 2.75) is 19.4 Å². The third-order valence-electron chi connectivity index (χ3n) is 5.76. The van der Waals surface area contributed by atoms with Gasteiger partial charge in [0.05, 0.1) is 24.0 Å². The minimum absolute atomic E-state index is 0.0203. The largest absolute Gasteiger partial charge is 0.466 e. The second-order valence-corrected chi connectivity index (χ2v) is 8.31. The number of ketones is 2. The Labute approximate surface area is 210 Å². The molecule has 0 aromatic heterocycles. The summed E-state index contributed by atoms with van der Waals surface area (Å²) in [6, 6.07) is 13.9. The molecule has 3 aromatic rings. The van der Waals surface area contributed by atoms with Gasteiger partial charge in [-0.1, -0.05) is 54.1 Å². The predicted octanol–water partition coefficient (Wildman–Crippen LogP) is 4.45. The monoisotopic (exact) mass is 506 g/mol. The van der Waals surface area contributed by atoms with Crippen LogP contribution in [0.25, 0.3) is 0 Å². The summed E-state index contributed by atoms with van der Waals surface area (Å²) in [5, 5.41) is 15.0. The van der Waals surface area contributed by atoms with Crippen molar-refractivity contribution in [1.29, 1.82) is 0 Å². The van der Waals surface area contributed by atoms with E-state index in [4.69, 9.17) is 16.3 Å². The molecule has 3 aromatic carbocycles. The molecule has 10 heteroatoms. The number of rotatable bonds is 7. The molecule has 1 aliphatic rings. The van der Waals surface area contributed by atoms with Crippen LogP contribution in [0.1, 0.15) is 67.2 Å². The Balaban J connectivity index is 1.78. The Morgan fingerprint density at radius 2 is 1.61 bits per heavy atom. The number of esters is 1. The number of amides is 1. The fraction of sp³-hybridized carbons (Fsp3) is 0.154. The van der Waals surface area contributed by atoms with E-state index in [0.29, 0.717) is 5.56 Å². The van der Waals surface area contributed by atoms with E-state index in [0.717, 1.165) is 6.07 Å². The molecule has 1 atom stereocenters. The van der Waals surface area contributed by atoms with Gasteiger partial charge in [-0.3, -0.25) is 29.3 Å². The van der Waals surface area contributed by atoms with Crippen LogP contribution < -0.4 is 5.32 Å². The van der Waals surface area contributed by atoms with Crippen molar-refractivity contribution in [3.8, 4) is 0 Å². The van der Waals surface area contributed by atoms with E-state index in [1.54, 1.807) is 43.3 Å². The van der Waals surface area contributed by atoms with Gasteiger partial charge in [-0.25, -0.2) is 0 Å². The van der Waals surface area contributed by atoms with Gasteiger partial charge in [-0.2, -0.15) is 0 Å². The molecule has 36 heavy (non-hydrogen) atoms. The van der Waals surface area contributed by atoms with Crippen LogP contribution in [0.5, 0.6) is 0 Å². The maximum Gasteiger partial charge on any atom is 0.308 e. The SMILES string of the molecule is CCOC(=O)C[C@@H](NC(=O)c1ccc2c(c1[N+](=O)[O-])C(=O)c1ccccc1C2=O)c1ccccc1Cl. The van der Waals surface area contributed by atoms with E-state index < -0.39 is 51.2 Å². The summed E-state index contributed by atoms with van der Waals surface area (Å²) in [7, 11) is 0. The van der Waals surface area contributed by atoms with E-state index in [1.165, 1.54) is 18.2 Å².